The van der Waals surface area contributed by atoms with Gasteiger partial charge in [-0.3, -0.25) is 4.79 Å². The van der Waals surface area contributed by atoms with Crippen molar-refractivity contribution in [1.82, 2.24) is 0 Å². The zero-order valence-electron chi connectivity index (χ0n) is 11.2. The van der Waals surface area contributed by atoms with E-state index in [-0.39, 0.29) is 11.3 Å². The fourth-order valence-electron chi connectivity index (χ4n) is 1.97. The Bertz CT molecular complexity index is 690. The van der Waals surface area contributed by atoms with Gasteiger partial charge in [-0.25, -0.2) is 13.2 Å². The number of benzene rings is 2. The van der Waals surface area contributed by atoms with Gasteiger partial charge in [0.1, 0.15) is 23.0 Å². The zero-order valence-corrected chi connectivity index (χ0v) is 11.2. The molecule has 21 heavy (non-hydrogen) atoms. The second kappa shape index (κ2) is 5.47. The molecule has 0 fully saturated rings. The molecular weight excluding hydrogens is 281 g/mol. The molecule has 1 amide bonds. The van der Waals surface area contributed by atoms with Crippen LogP contribution in [0.4, 0.5) is 18.9 Å². The van der Waals surface area contributed by atoms with Crippen molar-refractivity contribution in [2.75, 3.05) is 5.32 Å². The highest BCUT2D eigenvalue weighted by Crippen LogP contribution is 2.29. The van der Waals surface area contributed by atoms with Crippen LogP contribution in [0.3, 0.4) is 0 Å². The summed E-state index contributed by atoms with van der Waals surface area (Å²) in [6, 6.07) is 8.20. The third kappa shape index (κ3) is 2.84. The standard InChI is InChI=1S/C15H13F3N2O/c1-15(14(19)21,10-8-9(16)6-7-11(10)17)20-13-5-3-2-4-12(13)18/h2-8,20H,1H3,(H2,19,21). The molecule has 6 heteroatoms. The highest BCUT2D eigenvalue weighted by Gasteiger charge is 2.36. The molecular formula is C15H13F3N2O. The van der Waals surface area contributed by atoms with Crippen LogP contribution in [0.2, 0.25) is 0 Å². The summed E-state index contributed by atoms with van der Waals surface area (Å²) in [5, 5.41) is 2.55. The second-order valence-electron chi connectivity index (χ2n) is 4.72. The minimum atomic E-state index is -1.80. The normalized spacial score (nSPS) is 13.5. The fourth-order valence-corrected chi connectivity index (χ4v) is 1.97. The average Bonchev–Trinajstić information content (AvgIpc) is 2.43. The molecule has 0 aliphatic heterocycles. The van der Waals surface area contributed by atoms with Crippen LogP contribution in [0, 0.1) is 17.5 Å². The van der Waals surface area contributed by atoms with Crippen molar-refractivity contribution >= 4 is 11.6 Å². The lowest BCUT2D eigenvalue weighted by atomic mass is 9.90. The SMILES string of the molecule is CC(Nc1ccccc1F)(C(N)=O)c1cc(F)ccc1F. The number of rotatable bonds is 4. The van der Waals surface area contributed by atoms with Crippen molar-refractivity contribution in [3.05, 3.63) is 65.5 Å². The van der Waals surface area contributed by atoms with Crippen LogP contribution in [0.25, 0.3) is 0 Å². The van der Waals surface area contributed by atoms with Crippen molar-refractivity contribution in [3.63, 3.8) is 0 Å². The number of para-hydroxylation sites is 1. The summed E-state index contributed by atoms with van der Waals surface area (Å²) in [4.78, 5) is 11.7. The van der Waals surface area contributed by atoms with E-state index in [2.05, 4.69) is 5.32 Å². The molecule has 3 nitrogen and oxygen atoms in total. The van der Waals surface area contributed by atoms with Gasteiger partial charge in [0.25, 0.3) is 0 Å². The van der Waals surface area contributed by atoms with Crippen LogP contribution in [0.15, 0.2) is 42.5 Å². The number of hydrogen-bond donors (Lipinski definition) is 2. The number of halogens is 3. The van der Waals surface area contributed by atoms with E-state index in [1.54, 1.807) is 0 Å². The number of hydrogen-bond acceptors (Lipinski definition) is 2. The van der Waals surface area contributed by atoms with E-state index in [1.165, 1.54) is 31.2 Å². The quantitative estimate of drug-likeness (QED) is 0.911. The Balaban J connectivity index is 2.53. The van der Waals surface area contributed by atoms with E-state index >= 15 is 0 Å². The largest absolute Gasteiger partial charge is 0.367 e. The summed E-state index contributed by atoms with van der Waals surface area (Å²) >= 11 is 0. The van der Waals surface area contributed by atoms with E-state index in [4.69, 9.17) is 5.73 Å². The lowest BCUT2D eigenvalue weighted by Gasteiger charge is -2.29. The summed E-state index contributed by atoms with van der Waals surface area (Å²) in [7, 11) is 0. The van der Waals surface area contributed by atoms with E-state index in [1.807, 2.05) is 0 Å². The lowest BCUT2D eigenvalue weighted by molar-refractivity contribution is -0.122. The molecule has 0 aliphatic rings. The maximum Gasteiger partial charge on any atom is 0.247 e. The van der Waals surface area contributed by atoms with Crippen molar-refractivity contribution in [2.24, 2.45) is 5.73 Å². The molecule has 1 atom stereocenters. The monoisotopic (exact) mass is 294 g/mol. The molecule has 0 saturated carbocycles. The first kappa shape index (κ1) is 14.9. The number of amides is 1. The van der Waals surface area contributed by atoms with Gasteiger partial charge in [-0.05, 0) is 37.3 Å². The first-order valence-corrected chi connectivity index (χ1v) is 6.13. The van der Waals surface area contributed by atoms with Gasteiger partial charge in [-0.1, -0.05) is 12.1 Å². The fraction of sp³-hybridized carbons (Fsp3) is 0.133. The summed E-state index contributed by atoms with van der Waals surface area (Å²) in [6.07, 6.45) is 0. The molecule has 0 spiro atoms. The zero-order chi connectivity index (χ0) is 15.6. The molecule has 1 unspecified atom stereocenters. The molecule has 2 aromatic carbocycles. The molecule has 0 aliphatic carbocycles. The topological polar surface area (TPSA) is 55.1 Å². The average molecular weight is 294 g/mol. The van der Waals surface area contributed by atoms with Crippen molar-refractivity contribution in [2.45, 2.75) is 12.5 Å². The summed E-state index contributed by atoms with van der Waals surface area (Å²) in [6.45, 7) is 1.26. The Morgan fingerprint density at radius 3 is 2.38 bits per heavy atom. The molecule has 2 aromatic rings. The molecule has 0 bridgehead atoms. The molecule has 0 aromatic heterocycles. The first-order valence-electron chi connectivity index (χ1n) is 6.13. The van der Waals surface area contributed by atoms with Gasteiger partial charge in [-0.2, -0.15) is 0 Å². The van der Waals surface area contributed by atoms with E-state index in [9.17, 15) is 18.0 Å². The van der Waals surface area contributed by atoms with Gasteiger partial charge in [0.15, 0.2) is 0 Å². The first-order chi connectivity index (χ1) is 9.84. The Morgan fingerprint density at radius 2 is 1.76 bits per heavy atom. The minimum absolute atomic E-state index is 0.0394. The highest BCUT2D eigenvalue weighted by atomic mass is 19.1. The number of nitrogens with two attached hydrogens (primary N) is 1. The number of nitrogens with one attached hydrogen (secondary N) is 1. The van der Waals surface area contributed by atoms with Gasteiger partial charge >= 0.3 is 0 Å². The Morgan fingerprint density at radius 1 is 1.10 bits per heavy atom. The van der Waals surface area contributed by atoms with Crippen LogP contribution in [-0.2, 0) is 10.3 Å². The molecule has 110 valence electrons. The smallest absolute Gasteiger partial charge is 0.247 e. The number of carbonyl (C=O) groups excluding carboxylic acids is 1. The lowest BCUT2D eigenvalue weighted by Crippen LogP contribution is -2.46. The summed E-state index contributed by atoms with van der Waals surface area (Å²) in [5.41, 5.74) is 3.18. The van der Waals surface area contributed by atoms with Crippen molar-refractivity contribution < 1.29 is 18.0 Å². The van der Waals surface area contributed by atoms with Gasteiger partial charge in [0, 0.05) is 5.56 Å². The second-order valence-corrected chi connectivity index (χ2v) is 4.72. The van der Waals surface area contributed by atoms with Gasteiger partial charge in [-0.15, -0.1) is 0 Å². The number of carbonyl (C=O) groups is 1. The Kier molecular flexibility index (Phi) is 3.88. The number of primary amides is 1. The van der Waals surface area contributed by atoms with E-state index in [0.717, 1.165) is 18.2 Å². The van der Waals surface area contributed by atoms with E-state index in [0.29, 0.717) is 0 Å². The third-order valence-corrected chi connectivity index (χ3v) is 3.22. The minimum Gasteiger partial charge on any atom is -0.367 e. The highest BCUT2D eigenvalue weighted by molar-refractivity contribution is 5.89. The van der Waals surface area contributed by atoms with Crippen molar-refractivity contribution in [1.29, 1.82) is 0 Å². The maximum atomic E-state index is 13.9. The van der Waals surface area contributed by atoms with Crippen LogP contribution >= 0.6 is 0 Å². The molecule has 2 rings (SSSR count). The molecule has 3 N–H and O–H groups in total. The predicted molar refractivity (Wildman–Crippen MR) is 72.9 cm³/mol. The van der Waals surface area contributed by atoms with Crippen LogP contribution in [0.5, 0.6) is 0 Å². The maximum absolute atomic E-state index is 13.9. The number of anilines is 1. The molecule has 0 saturated heterocycles. The molecule has 0 radical (unpaired) electrons. The van der Waals surface area contributed by atoms with Crippen LogP contribution < -0.4 is 11.1 Å². The Labute approximate surface area is 119 Å². The molecule has 0 heterocycles. The third-order valence-electron chi connectivity index (χ3n) is 3.22. The van der Waals surface area contributed by atoms with Crippen LogP contribution in [-0.4, -0.2) is 5.91 Å². The Hall–Kier alpha value is -2.50. The van der Waals surface area contributed by atoms with Crippen LogP contribution in [0.1, 0.15) is 12.5 Å². The summed E-state index contributed by atoms with van der Waals surface area (Å²) in [5.74, 6) is -3.15. The predicted octanol–water partition coefficient (Wildman–Crippen LogP) is 2.92. The van der Waals surface area contributed by atoms with Crippen molar-refractivity contribution in [3.8, 4) is 0 Å². The van der Waals surface area contributed by atoms with Gasteiger partial charge < -0.3 is 11.1 Å². The van der Waals surface area contributed by atoms with Gasteiger partial charge in [0.2, 0.25) is 5.91 Å². The summed E-state index contributed by atoms with van der Waals surface area (Å²) < 4.78 is 41.0. The van der Waals surface area contributed by atoms with Gasteiger partial charge in [0.05, 0.1) is 5.69 Å². The van der Waals surface area contributed by atoms with E-state index < -0.39 is 28.9 Å².